The van der Waals surface area contributed by atoms with E-state index in [4.69, 9.17) is 11.6 Å². The molecule has 1 atom stereocenters. The maximum atomic E-state index is 12.7. The van der Waals surface area contributed by atoms with Crippen LogP contribution in [-0.2, 0) is 14.8 Å². The smallest absolute Gasteiger partial charge is 0.252 e. The van der Waals surface area contributed by atoms with Crippen molar-refractivity contribution in [3.05, 3.63) is 46.3 Å². The van der Waals surface area contributed by atoms with Gasteiger partial charge in [0.2, 0.25) is 5.91 Å². The van der Waals surface area contributed by atoms with Crippen molar-refractivity contribution in [2.75, 3.05) is 18.4 Å². The molecule has 2 heterocycles. The van der Waals surface area contributed by atoms with Gasteiger partial charge in [0.1, 0.15) is 4.21 Å². The first-order valence-electron chi connectivity index (χ1n) is 7.98. The van der Waals surface area contributed by atoms with Gasteiger partial charge in [-0.2, -0.15) is 4.31 Å². The molecule has 1 saturated heterocycles. The van der Waals surface area contributed by atoms with Gasteiger partial charge in [-0.25, -0.2) is 8.42 Å². The summed E-state index contributed by atoms with van der Waals surface area (Å²) in [5.41, 5.74) is 1.58. The molecule has 1 fully saturated rings. The van der Waals surface area contributed by atoms with E-state index in [0.717, 1.165) is 5.56 Å². The van der Waals surface area contributed by atoms with E-state index >= 15 is 0 Å². The Labute approximate surface area is 156 Å². The highest BCUT2D eigenvalue weighted by atomic mass is 35.5. The number of sulfonamides is 1. The zero-order valence-corrected chi connectivity index (χ0v) is 16.1. The van der Waals surface area contributed by atoms with E-state index in [1.54, 1.807) is 35.7 Å². The molecular weight excluding hydrogens is 380 g/mol. The summed E-state index contributed by atoms with van der Waals surface area (Å²) in [6.07, 6.45) is 1.34. The van der Waals surface area contributed by atoms with E-state index in [2.05, 4.69) is 5.32 Å². The van der Waals surface area contributed by atoms with Crippen LogP contribution in [0.15, 0.2) is 39.9 Å². The molecule has 134 valence electrons. The van der Waals surface area contributed by atoms with Gasteiger partial charge in [0.25, 0.3) is 10.0 Å². The van der Waals surface area contributed by atoms with Crippen molar-refractivity contribution >= 4 is 44.6 Å². The van der Waals surface area contributed by atoms with Crippen LogP contribution in [0.2, 0.25) is 5.02 Å². The molecule has 1 aromatic heterocycles. The summed E-state index contributed by atoms with van der Waals surface area (Å²) in [5, 5.41) is 5.25. The maximum absolute atomic E-state index is 12.7. The second-order valence-electron chi connectivity index (χ2n) is 6.08. The SMILES string of the molecule is Cc1cc(Cl)ccc1NC(=O)[C@H]1CCCN(S(=O)(=O)c2cccs2)C1. The third-order valence-corrected chi connectivity index (χ3v) is 7.76. The molecular formula is C17H19ClN2O3S2. The molecule has 2 aromatic rings. The third kappa shape index (κ3) is 4.06. The highest BCUT2D eigenvalue weighted by Crippen LogP contribution is 2.27. The first-order valence-corrected chi connectivity index (χ1v) is 10.7. The molecule has 1 amide bonds. The molecule has 8 heteroatoms. The number of nitrogens with zero attached hydrogens (tertiary/aromatic N) is 1. The van der Waals surface area contributed by atoms with Crippen LogP contribution >= 0.6 is 22.9 Å². The Bertz CT molecular complexity index is 866. The van der Waals surface area contributed by atoms with Crippen LogP contribution in [0.1, 0.15) is 18.4 Å². The number of nitrogens with one attached hydrogen (secondary N) is 1. The third-order valence-electron chi connectivity index (χ3n) is 4.29. The largest absolute Gasteiger partial charge is 0.326 e. The molecule has 1 aromatic carbocycles. The van der Waals surface area contributed by atoms with Crippen molar-refractivity contribution in [3.63, 3.8) is 0 Å². The summed E-state index contributed by atoms with van der Waals surface area (Å²) < 4.78 is 27.1. The van der Waals surface area contributed by atoms with Crippen molar-refractivity contribution < 1.29 is 13.2 Å². The number of piperidine rings is 1. The van der Waals surface area contributed by atoms with E-state index in [1.807, 2.05) is 6.92 Å². The van der Waals surface area contributed by atoms with Gasteiger partial charge in [-0.05, 0) is 55.0 Å². The zero-order chi connectivity index (χ0) is 18.0. The summed E-state index contributed by atoms with van der Waals surface area (Å²) in [4.78, 5) is 12.6. The first kappa shape index (κ1) is 18.4. The number of benzene rings is 1. The number of rotatable bonds is 4. The summed E-state index contributed by atoms with van der Waals surface area (Å²) in [7, 11) is -3.52. The predicted molar refractivity (Wildman–Crippen MR) is 101 cm³/mol. The number of hydrogen-bond acceptors (Lipinski definition) is 4. The maximum Gasteiger partial charge on any atom is 0.252 e. The van der Waals surface area contributed by atoms with Crippen LogP contribution in [0.4, 0.5) is 5.69 Å². The second kappa shape index (κ2) is 7.45. The molecule has 0 radical (unpaired) electrons. The van der Waals surface area contributed by atoms with Gasteiger partial charge in [0.05, 0.1) is 5.92 Å². The Hall–Kier alpha value is -1.41. The minimum atomic E-state index is -3.52. The molecule has 1 aliphatic rings. The fourth-order valence-electron chi connectivity index (χ4n) is 2.91. The van der Waals surface area contributed by atoms with Crippen molar-refractivity contribution in [3.8, 4) is 0 Å². The second-order valence-corrected chi connectivity index (χ2v) is 9.63. The van der Waals surface area contributed by atoms with Gasteiger partial charge < -0.3 is 5.32 Å². The minimum absolute atomic E-state index is 0.156. The van der Waals surface area contributed by atoms with Crippen molar-refractivity contribution in [2.45, 2.75) is 24.0 Å². The summed E-state index contributed by atoms with van der Waals surface area (Å²) >= 11 is 7.13. The molecule has 1 aliphatic heterocycles. The number of thiophene rings is 1. The van der Waals surface area contributed by atoms with Gasteiger partial charge >= 0.3 is 0 Å². The topological polar surface area (TPSA) is 66.5 Å². The lowest BCUT2D eigenvalue weighted by atomic mass is 9.98. The molecule has 0 unspecified atom stereocenters. The molecule has 0 aliphatic carbocycles. The Kier molecular flexibility index (Phi) is 5.48. The molecule has 0 spiro atoms. The van der Waals surface area contributed by atoms with E-state index in [0.29, 0.717) is 34.3 Å². The summed E-state index contributed by atoms with van der Waals surface area (Å²) in [5.74, 6) is -0.518. The van der Waals surface area contributed by atoms with Crippen molar-refractivity contribution in [1.82, 2.24) is 4.31 Å². The van der Waals surface area contributed by atoms with Crippen molar-refractivity contribution in [1.29, 1.82) is 0 Å². The molecule has 5 nitrogen and oxygen atoms in total. The van der Waals surface area contributed by atoms with Gasteiger partial charge in [0.15, 0.2) is 0 Å². The fourth-order valence-corrected chi connectivity index (χ4v) is 5.81. The van der Waals surface area contributed by atoms with E-state index in [1.165, 1.54) is 15.6 Å². The number of carbonyl (C=O) groups is 1. The number of carbonyl (C=O) groups excluding carboxylic acids is 1. The molecule has 3 rings (SSSR count). The lowest BCUT2D eigenvalue weighted by Crippen LogP contribution is -2.43. The van der Waals surface area contributed by atoms with Crippen molar-refractivity contribution in [2.24, 2.45) is 5.92 Å². The number of halogens is 1. The van der Waals surface area contributed by atoms with E-state index in [9.17, 15) is 13.2 Å². The molecule has 0 saturated carbocycles. The van der Waals surface area contributed by atoms with Crippen LogP contribution < -0.4 is 5.32 Å². The van der Waals surface area contributed by atoms with Crippen LogP contribution in [0.3, 0.4) is 0 Å². The van der Waals surface area contributed by atoms with Crippen LogP contribution in [-0.4, -0.2) is 31.7 Å². The van der Waals surface area contributed by atoms with E-state index < -0.39 is 10.0 Å². The van der Waals surface area contributed by atoms with Gasteiger partial charge in [-0.3, -0.25) is 4.79 Å². The minimum Gasteiger partial charge on any atom is -0.326 e. The normalized spacial score (nSPS) is 18.9. The lowest BCUT2D eigenvalue weighted by molar-refractivity contribution is -0.120. The average Bonchev–Trinajstić information content (AvgIpc) is 3.13. The highest BCUT2D eigenvalue weighted by molar-refractivity contribution is 7.91. The Morgan fingerprint density at radius 3 is 2.84 bits per heavy atom. The summed E-state index contributed by atoms with van der Waals surface area (Å²) in [6.45, 7) is 2.53. The van der Waals surface area contributed by atoms with E-state index in [-0.39, 0.29) is 18.4 Å². The lowest BCUT2D eigenvalue weighted by Gasteiger charge is -2.30. The first-order chi connectivity index (χ1) is 11.9. The van der Waals surface area contributed by atoms with Gasteiger partial charge in [-0.15, -0.1) is 11.3 Å². The summed E-state index contributed by atoms with van der Waals surface area (Å²) in [6, 6.07) is 8.58. The highest BCUT2D eigenvalue weighted by Gasteiger charge is 2.33. The van der Waals surface area contributed by atoms with Crippen LogP contribution in [0.25, 0.3) is 0 Å². The molecule has 1 N–H and O–H groups in total. The molecule has 0 bridgehead atoms. The predicted octanol–water partition coefficient (Wildman–Crippen LogP) is 3.75. The number of aryl methyl sites for hydroxylation is 1. The Morgan fingerprint density at radius 1 is 1.36 bits per heavy atom. The Morgan fingerprint density at radius 2 is 2.16 bits per heavy atom. The van der Waals surface area contributed by atoms with Gasteiger partial charge in [-0.1, -0.05) is 17.7 Å². The Balaban J connectivity index is 1.72. The average molecular weight is 399 g/mol. The van der Waals surface area contributed by atoms with Gasteiger partial charge in [0, 0.05) is 23.8 Å². The van der Waals surface area contributed by atoms with Crippen LogP contribution in [0.5, 0.6) is 0 Å². The molecule has 25 heavy (non-hydrogen) atoms. The number of amides is 1. The van der Waals surface area contributed by atoms with Crippen LogP contribution in [0, 0.1) is 12.8 Å². The monoisotopic (exact) mass is 398 g/mol. The fraction of sp³-hybridized carbons (Fsp3) is 0.353. The quantitative estimate of drug-likeness (QED) is 0.852. The number of hydrogen-bond donors (Lipinski definition) is 1. The zero-order valence-electron chi connectivity index (χ0n) is 13.7. The standard InChI is InChI=1S/C17H19ClN2O3S2/c1-12-10-14(18)6-7-15(12)19-17(21)13-4-2-8-20(11-13)25(22,23)16-5-3-9-24-16/h3,5-7,9-10,13H,2,4,8,11H2,1H3,(H,19,21)/t13-/m0/s1. The number of anilines is 1.